The lowest BCUT2D eigenvalue weighted by molar-refractivity contribution is 0.0965. The van der Waals surface area contributed by atoms with Crippen LogP contribution in [0.5, 0.6) is 5.75 Å². The molecular formula is C29H45N9O2. The Morgan fingerprint density at radius 2 is 1.88 bits per heavy atom. The number of nitrogens with two attached hydrogens (primary N) is 1. The van der Waals surface area contributed by atoms with Crippen molar-refractivity contribution in [2.24, 2.45) is 0 Å². The molecule has 2 fully saturated rings. The second kappa shape index (κ2) is 13.1. The van der Waals surface area contributed by atoms with E-state index in [2.05, 4.69) is 50.2 Å². The van der Waals surface area contributed by atoms with Crippen LogP contribution in [0.25, 0.3) is 11.0 Å². The zero-order valence-electron chi connectivity index (χ0n) is 24.2. The monoisotopic (exact) mass is 551 g/mol. The molecule has 11 heteroatoms. The van der Waals surface area contributed by atoms with Crippen LogP contribution in [0.3, 0.4) is 0 Å². The highest BCUT2D eigenvalue weighted by Gasteiger charge is 2.28. The summed E-state index contributed by atoms with van der Waals surface area (Å²) in [6.45, 7) is 7.36. The van der Waals surface area contributed by atoms with E-state index < -0.39 is 0 Å². The van der Waals surface area contributed by atoms with E-state index in [1.165, 1.54) is 31.5 Å². The highest BCUT2D eigenvalue weighted by atomic mass is 16.5. The van der Waals surface area contributed by atoms with Crippen molar-refractivity contribution < 1.29 is 9.84 Å². The van der Waals surface area contributed by atoms with E-state index in [-0.39, 0.29) is 18.6 Å². The molecule has 0 radical (unpaired) electrons. The molecule has 0 spiro atoms. The van der Waals surface area contributed by atoms with E-state index in [1.807, 2.05) is 10.9 Å². The van der Waals surface area contributed by atoms with Gasteiger partial charge in [-0.2, -0.15) is 10.1 Å². The van der Waals surface area contributed by atoms with Gasteiger partial charge < -0.3 is 30.7 Å². The average Bonchev–Trinajstić information content (AvgIpc) is 3.36. The number of rotatable bonds is 11. The number of likely N-dealkylation sites (tertiary alicyclic amines) is 2. The summed E-state index contributed by atoms with van der Waals surface area (Å²) in [5.74, 6) is 2.08. The summed E-state index contributed by atoms with van der Waals surface area (Å²) in [6, 6.07) is 2.97. The average molecular weight is 552 g/mol. The molecule has 0 saturated carbocycles. The van der Waals surface area contributed by atoms with Crippen molar-refractivity contribution in [2.45, 2.75) is 76.4 Å². The summed E-state index contributed by atoms with van der Waals surface area (Å²) in [4.78, 5) is 18.9. The number of methoxy groups -OCH3 is 1. The van der Waals surface area contributed by atoms with Crippen molar-refractivity contribution in [1.82, 2.24) is 34.5 Å². The van der Waals surface area contributed by atoms with Crippen molar-refractivity contribution in [1.29, 1.82) is 0 Å². The predicted molar refractivity (Wildman–Crippen MR) is 158 cm³/mol. The molecule has 5 rings (SSSR count). The van der Waals surface area contributed by atoms with Crippen LogP contribution in [0, 0.1) is 0 Å². The molecule has 0 unspecified atom stereocenters. The highest BCUT2D eigenvalue weighted by molar-refractivity contribution is 5.86. The smallest absolute Gasteiger partial charge is 0.222 e. The molecule has 0 bridgehead atoms. The third kappa shape index (κ3) is 6.47. The molecule has 11 nitrogen and oxygen atoms in total. The quantitative estimate of drug-likeness (QED) is 0.327. The van der Waals surface area contributed by atoms with Gasteiger partial charge in [0.05, 0.1) is 19.9 Å². The van der Waals surface area contributed by atoms with Crippen LogP contribution < -0.4 is 15.8 Å². The van der Waals surface area contributed by atoms with E-state index in [0.29, 0.717) is 30.2 Å². The number of hydrogen-bond acceptors (Lipinski definition) is 10. The molecule has 0 aliphatic carbocycles. The number of aliphatic hydroxyl groups excluding tert-OH is 1. The van der Waals surface area contributed by atoms with Crippen LogP contribution in [0.4, 0.5) is 11.8 Å². The first kappa shape index (κ1) is 28.5. The first-order valence-corrected chi connectivity index (χ1v) is 14.8. The van der Waals surface area contributed by atoms with Gasteiger partial charge in [0, 0.05) is 24.9 Å². The molecule has 3 aromatic heterocycles. The molecule has 4 N–H and O–H groups in total. The molecule has 2 aliphatic heterocycles. The minimum atomic E-state index is 0.0775. The van der Waals surface area contributed by atoms with Gasteiger partial charge in [0.25, 0.3) is 0 Å². The second-order valence-corrected chi connectivity index (χ2v) is 11.4. The van der Waals surface area contributed by atoms with Gasteiger partial charge in [-0.1, -0.05) is 13.3 Å². The zero-order valence-corrected chi connectivity index (χ0v) is 24.2. The number of nitrogens with zero attached hydrogens (tertiary/aromatic N) is 7. The Bertz CT molecular complexity index is 1240. The number of pyridine rings is 1. The van der Waals surface area contributed by atoms with Crippen LogP contribution in [0.15, 0.2) is 18.5 Å². The Hall–Kier alpha value is -3.02. The number of aromatic nitrogens is 5. The zero-order chi connectivity index (χ0) is 28.1. The van der Waals surface area contributed by atoms with E-state index in [9.17, 15) is 5.11 Å². The largest absolute Gasteiger partial charge is 0.495 e. The van der Waals surface area contributed by atoms with E-state index in [4.69, 9.17) is 15.5 Å². The third-order valence-corrected chi connectivity index (χ3v) is 8.64. The molecule has 2 aliphatic rings. The molecular weight excluding hydrogens is 506 g/mol. The topological polar surface area (TPSA) is 130 Å². The molecule has 40 heavy (non-hydrogen) atoms. The van der Waals surface area contributed by atoms with Gasteiger partial charge in [0.2, 0.25) is 5.95 Å². The molecule has 0 amide bonds. The SMILES string of the molecule is CCC[C@@H](CCO)Nc1nc(N)nc2cnn(Cc3ncc(C4CCN(C5CCN(C)CC5)CC4)cc3OC)c12. The van der Waals surface area contributed by atoms with Crippen LogP contribution in [-0.2, 0) is 6.54 Å². The lowest BCUT2D eigenvalue weighted by atomic mass is 9.88. The maximum Gasteiger partial charge on any atom is 0.222 e. The van der Waals surface area contributed by atoms with Gasteiger partial charge in [-0.15, -0.1) is 0 Å². The van der Waals surface area contributed by atoms with Crippen molar-refractivity contribution in [2.75, 3.05) is 58.0 Å². The third-order valence-electron chi connectivity index (χ3n) is 8.64. The fraction of sp³-hybridized carbons (Fsp3) is 0.655. The van der Waals surface area contributed by atoms with E-state index in [0.717, 1.165) is 61.8 Å². The number of nitrogen functional groups attached to an aromatic ring is 1. The molecule has 2 saturated heterocycles. The fourth-order valence-electron chi connectivity index (χ4n) is 6.33. The maximum absolute atomic E-state index is 9.53. The minimum Gasteiger partial charge on any atom is -0.495 e. The first-order valence-electron chi connectivity index (χ1n) is 14.8. The van der Waals surface area contributed by atoms with Gasteiger partial charge in [0.15, 0.2) is 5.82 Å². The Kier molecular flexibility index (Phi) is 9.33. The fourth-order valence-corrected chi connectivity index (χ4v) is 6.33. The Balaban J connectivity index is 1.31. The summed E-state index contributed by atoms with van der Waals surface area (Å²) in [5, 5.41) is 17.6. The van der Waals surface area contributed by atoms with Gasteiger partial charge in [-0.25, -0.2) is 4.98 Å². The van der Waals surface area contributed by atoms with Gasteiger partial charge >= 0.3 is 0 Å². The van der Waals surface area contributed by atoms with E-state index in [1.54, 1.807) is 13.3 Å². The summed E-state index contributed by atoms with van der Waals surface area (Å²) < 4.78 is 7.68. The second-order valence-electron chi connectivity index (χ2n) is 11.4. The molecule has 5 heterocycles. The van der Waals surface area contributed by atoms with E-state index >= 15 is 0 Å². The van der Waals surface area contributed by atoms with Crippen LogP contribution in [0.1, 0.15) is 69.0 Å². The Labute approximate surface area is 237 Å². The van der Waals surface area contributed by atoms with Gasteiger partial charge in [-0.3, -0.25) is 9.67 Å². The van der Waals surface area contributed by atoms with Crippen LogP contribution in [0.2, 0.25) is 0 Å². The number of nitrogens with one attached hydrogen (secondary N) is 1. The Morgan fingerprint density at radius 3 is 2.58 bits per heavy atom. The standard InChI is InChI=1S/C29H45N9O2/c1-4-5-22(10-15-39)33-28-27-24(34-29(30)35-28)18-32-38(27)19-25-26(40-3)16-21(17-31-25)20-6-13-37(14-7-20)23-8-11-36(2)12-9-23/h16-18,20,22-23,39H,4-15,19H2,1-3H3,(H3,30,33,34,35)/t22-/m0/s1. The number of fused-ring (bicyclic) bond motifs is 1. The van der Waals surface area contributed by atoms with Crippen molar-refractivity contribution in [3.8, 4) is 5.75 Å². The molecule has 1 atom stereocenters. The number of ether oxygens (including phenoxy) is 1. The normalized spacial score (nSPS) is 18.8. The number of piperidine rings is 2. The summed E-state index contributed by atoms with van der Waals surface area (Å²) in [6.07, 6.45) is 11.1. The summed E-state index contributed by atoms with van der Waals surface area (Å²) >= 11 is 0. The predicted octanol–water partition coefficient (Wildman–Crippen LogP) is 3.10. The molecule has 0 aromatic carbocycles. The van der Waals surface area contributed by atoms with Crippen LogP contribution >= 0.6 is 0 Å². The summed E-state index contributed by atoms with van der Waals surface area (Å²) in [7, 11) is 3.93. The van der Waals surface area contributed by atoms with Gasteiger partial charge in [-0.05, 0) is 89.3 Å². The number of hydrogen-bond donors (Lipinski definition) is 3. The number of anilines is 2. The summed E-state index contributed by atoms with van der Waals surface area (Å²) in [5.41, 5.74) is 9.51. The molecule has 218 valence electrons. The van der Waals surface area contributed by atoms with Crippen molar-refractivity contribution >= 4 is 22.8 Å². The lowest BCUT2D eigenvalue weighted by Gasteiger charge is -2.41. The van der Waals surface area contributed by atoms with Crippen molar-refractivity contribution in [3.05, 3.63) is 29.7 Å². The number of aliphatic hydroxyl groups is 1. The van der Waals surface area contributed by atoms with Crippen molar-refractivity contribution in [3.63, 3.8) is 0 Å². The lowest BCUT2D eigenvalue weighted by Crippen LogP contribution is -2.46. The van der Waals surface area contributed by atoms with Crippen LogP contribution in [-0.4, -0.2) is 98.7 Å². The minimum absolute atomic E-state index is 0.0775. The maximum atomic E-state index is 9.53. The Morgan fingerprint density at radius 1 is 1.10 bits per heavy atom. The molecule has 3 aromatic rings. The van der Waals surface area contributed by atoms with Gasteiger partial charge in [0.1, 0.15) is 22.5 Å². The highest BCUT2D eigenvalue weighted by Crippen LogP contribution is 2.33. The first-order chi connectivity index (χ1) is 19.5.